The van der Waals surface area contributed by atoms with Crippen LogP contribution in [0, 0.1) is 0 Å². The monoisotopic (exact) mass is 368 g/mol. The van der Waals surface area contributed by atoms with Gasteiger partial charge in [-0.2, -0.15) is 8.78 Å². The van der Waals surface area contributed by atoms with Crippen LogP contribution >= 0.6 is 11.8 Å². The molecule has 1 aliphatic rings. The third-order valence-corrected chi connectivity index (χ3v) is 4.68. The van der Waals surface area contributed by atoms with Gasteiger partial charge in [-0.25, -0.2) is 0 Å². The summed E-state index contributed by atoms with van der Waals surface area (Å²) in [5.74, 6) is 1.17. The summed E-state index contributed by atoms with van der Waals surface area (Å²) in [5, 5.41) is 11.7. The lowest BCUT2D eigenvalue weighted by Gasteiger charge is -2.11. The normalized spacial score (nSPS) is 13.9. The first kappa shape index (κ1) is 17.7. The van der Waals surface area contributed by atoms with Crippen molar-refractivity contribution in [2.75, 3.05) is 11.1 Å². The molecule has 1 aromatic carbocycles. The van der Waals surface area contributed by atoms with E-state index in [-0.39, 0.29) is 23.1 Å². The summed E-state index contributed by atoms with van der Waals surface area (Å²) in [6.07, 6.45) is 2.26. The Hall–Kier alpha value is -2.16. The van der Waals surface area contributed by atoms with E-state index in [4.69, 9.17) is 0 Å². The van der Waals surface area contributed by atoms with Gasteiger partial charge in [-0.1, -0.05) is 23.9 Å². The number of para-hydroxylation sites is 2. The zero-order chi connectivity index (χ0) is 17.8. The van der Waals surface area contributed by atoms with Crippen molar-refractivity contribution in [3.63, 3.8) is 0 Å². The zero-order valence-corrected chi connectivity index (χ0v) is 14.4. The lowest BCUT2D eigenvalue weighted by Crippen LogP contribution is -2.16. The first-order chi connectivity index (χ1) is 12.1. The minimum absolute atomic E-state index is 0.0661. The number of aromatic nitrogens is 3. The highest BCUT2D eigenvalue weighted by Crippen LogP contribution is 2.40. The van der Waals surface area contributed by atoms with E-state index in [1.165, 1.54) is 23.9 Å². The Bertz CT molecular complexity index is 749. The van der Waals surface area contributed by atoms with Crippen LogP contribution in [0.25, 0.3) is 0 Å². The fourth-order valence-corrected chi connectivity index (χ4v) is 3.24. The van der Waals surface area contributed by atoms with E-state index in [9.17, 15) is 13.6 Å². The van der Waals surface area contributed by atoms with Gasteiger partial charge >= 0.3 is 6.61 Å². The van der Waals surface area contributed by atoms with Gasteiger partial charge in [0.15, 0.2) is 5.16 Å². The molecular formula is C16H18F2N4O2S. The summed E-state index contributed by atoms with van der Waals surface area (Å²) in [6.45, 7) is -0.193. The van der Waals surface area contributed by atoms with Crippen LogP contribution in [-0.2, 0) is 11.3 Å². The predicted molar refractivity (Wildman–Crippen MR) is 90.1 cm³/mol. The number of halogens is 2. The Balaban J connectivity index is 1.60. The number of amides is 1. The molecule has 0 radical (unpaired) electrons. The highest BCUT2D eigenvalue weighted by molar-refractivity contribution is 7.99. The molecule has 1 aromatic heterocycles. The molecule has 0 aliphatic heterocycles. The Labute approximate surface area is 148 Å². The Morgan fingerprint density at radius 2 is 2.16 bits per heavy atom. The molecule has 1 saturated carbocycles. The number of carbonyl (C=O) groups excluding carboxylic acids is 1. The first-order valence-corrected chi connectivity index (χ1v) is 8.96. The van der Waals surface area contributed by atoms with Crippen molar-refractivity contribution in [3.8, 4) is 5.75 Å². The number of nitrogens with zero attached hydrogens (tertiary/aromatic N) is 3. The quantitative estimate of drug-likeness (QED) is 0.722. The molecular weight excluding hydrogens is 350 g/mol. The van der Waals surface area contributed by atoms with Gasteiger partial charge in [0, 0.05) is 12.5 Å². The van der Waals surface area contributed by atoms with Gasteiger partial charge in [0.2, 0.25) is 5.91 Å². The van der Waals surface area contributed by atoms with E-state index in [1.807, 2.05) is 11.5 Å². The molecule has 2 aromatic rings. The zero-order valence-electron chi connectivity index (χ0n) is 13.6. The number of carbonyl (C=O) groups is 1. The maximum Gasteiger partial charge on any atom is 0.387 e. The molecule has 1 N–H and O–H groups in total. The predicted octanol–water partition coefficient (Wildman–Crippen LogP) is 3.51. The van der Waals surface area contributed by atoms with Gasteiger partial charge in [-0.3, -0.25) is 4.79 Å². The number of benzene rings is 1. The molecule has 0 saturated heterocycles. The summed E-state index contributed by atoms with van der Waals surface area (Å²) in [5.41, 5.74) is 0.212. The lowest BCUT2D eigenvalue weighted by atomic mass is 10.3. The second-order valence-corrected chi connectivity index (χ2v) is 6.51. The van der Waals surface area contributed by atoms with E-state index in [0.29, 0.717) is 11.1 Å². The first-order valence-electron chi connectivity index (χ1n) is 7.98. The van der Waals surface area contributed by atoms with Gasteiger partial charge < -0.3 is 14.6 Å². The van der Waals surface area contributed by atoms with Crippen LogP contribution in [0.1, 0.15) is 31.5 Å². The molecule has 0 unspecified atom stereocenters. The summed E-state index contributed by atoms with van der Waals surface area (Å²) >= 11 is 1.27. The van der Waals surface area contributed by atoms with Crippen molar-refractivity contribution in [1.82, 2.24) is 14.8 Å². The van der Waals surface area contributed by atoms with Crippen LogP contribution in [0.3, 0.4) is 0 Å². The second kappa shape index (κ2) is 7.81. The summed E-state index contributed by atoms with van der Waals surface area (Å²) in [6, 6.07) is 6.09. The molecule has 1 amide bonds. The van der Waals surface area contributed by atoms with Crippen molar-refractivity contribution < 1.29 is 18.3 Å². The third-order valence-electron chi connectivity index (χ3n) is 3.71. The molecule has 1 heterocycles. The van der Waals surface area contributed by atoms with Crippen molar-refractivity contribution >= 4 is 23.4 Å². The van der Waals surface area contributed by atoms with Crippen LogP contribution in [0.5, 0.6) is 5.75 Å². The van der Waals surface area contributed by atoms with Crippen molar-refractivity contribution in [2.45, 2.75) is 44.0 Å². The Kier molecular flexibility index (Phi) is 5.52. The van der Waals surface area contributed by atoms with Gasteiger partial charge in [0.05, 0.1) is 11.4 Å². The Morgan fingerprint density at radius 3 is 2.84 bits per heavy atom. The van der Waals surface area contributed by atoms with Gasteiger partial charge in [0.25, 0.3) is 0 Å². The van der Waals surface area contributed by atoms with Gasteiger partial charge in [0.1, 0.15) is 11.6 Å². The summed E-state index contributed by atoms with van der Waals surface area (Å²) in [7, 11) is 0. The smallest absolute Gasteiger partial charge is 0.387 e. The van der Waals surface area contributed by atoms with Crippen LogP contribution in [0.15, 0.2) is 29.4 Å². The number of hydrogen-bond donors (Lipinski definition) is 1. The maximum absolute atomic E-state index is 12.4. The fourth-order valence-electron chi connectivity index (χ4n) is 2.43. The number of anilines is 1. The molecule has 0 bridgehead atoms. The van der Waals surface area contributed by atoms with Crippen molar-refractivity contribution in [3.05, 3.63) is 30.1 Å². The van der Waals surface area contributed by atoms with Crippen LogP contribution in [0.2, 0.25) is 0 Å². The molecule has 134 valence electrons. The highest BCUT2D eigenvalue weighted by atomic mass is 32.2. The number of alkyl halides is 2. The Morgan fingerprint density at radius 1 is 1.40 bits per heavy atom. The molecule has 0 spiro atoms. The van der Waals surface area contributed by atoms with Gasteiger partial charge in [-0.05, 0) is 31.9 Å². The minimum Gasteiger partial charge on any atom is -0.433 e. The minimum atomic E-state index is -2.95. The fraction of sp³-hybridized carbons (Fsp3) is 0.438. The number of ether oxygens (including phenoxy) is 1. The van der Waals surface area contributed by atoms with Gasteiger partial charge in [-0.15, -0.1) is 10.2 Å². The molecule has 6 nitrogen and oxygen atoms in total. The molecule has 25 heavy (non-hydrogen) atoms. The van der Waals surface area contributed by atoms with Crippen LogP contribution in [-0.4, -0.2) is 33.0 Å². The summed E-state index contributed by atoms with van der Waals surface area (Å²) < 4.78 is 31.2. The van der Waals surface area contributed by atoms with Crippen molar-refractivity contribution in [1.29, 1.82) is 0 Å². The standard InChI is InChI=1S/C16H18F2N4O2S/c1-2-22-14(10-7-8-10)20-21-16(22)25-9-13(23)19-11-5-3-4-6-12(11)24-15(17)18/h3-6,10,15H,2,7-9H2,1H3,(H,19,23). The largest absolute Gasteiger partial charge is 0.433 e. The molecule has 1 aliphatic carbocycles. The van der Waals surface area contributed by atoms with E-state index >= 15 is 0 Å². The van der Waals surface area contributed by atoms with E-state index in [0.717, 1.165) is 25.2 Å². The number of rotatable bonds is 8. The topological polar surface area (TPSA) is 69.0 Å². The molecule has 3 rings (SSSR count). The van der Waals surface area contributed by atoms with E-state index in [1.54, 1.807) is 12.1 Å². The maximum atomic E-state index is 12.4. The second-order valence-electron chi connectivity index (χ2n) is 5.57. The average Bonchev–Trinajstić information content (AvgIpc) is 3.34. The highest BCUT2D eigenvalue weighted by Gasteiger charge is 2.30. The third kappa shape index (κ3) is 4.47. The SMILES string of the molecule is CCn1c(SCC(=O)Nc2ccccc2OC(F)F)nnc1C1CC1. The number of thioether (sulfide) groups is 1. The molecule has 9 heteroatoms. The lowest BCUT2D eigenvalue weighted by molar-refractivity contribution is -0.113. The summed E-state index contributed by atoms with van der Waals surface area (Å²) in [4.78, 5) is 12.1. The van der Waals surface area contributed by atoms with E-state index < -0.39 is 6.61 Å². The average molecular weight is 368 g/mol. The molecule has 1 fully saturated rings. The van der Waals surface area contributed by atoms with Crippen LogP contribution < -0.4 is 10.1 Å². The van der Waals surface area contributed by atoms with Crippen molar-refractivity contribution in [2.24, 2.45) is 0 Å². The molecule has 0 atom stereocenters. The number of hydrogen-bond acceptors (Lipinski definition) is 5. The number of nitrogens with one attached hydrogen (secondary N) is 1. The van der Waals surface area contributed by atoms with Crippen LogP contribution in [0.4, 0.5) is 14.5 Å². The van der Waals surface area contributed by atoms with E-state index in [2.05, 4.69) is 20.3 Å².